The Bertz CT molecular complexity index is 793. The fourth-order valence-corrected chi connectivity index (χ4v) is 1.87. The smallest absolute Gasteiger partial charge is 0.338 e. The van der Waals surface area contributed by atoms with Gasteiger partial charge in [0.15, 0.2) is 23.6 Å². The van der Waals surface area contributed by atoms with Gasteiger partial charge in [-0.2, -0.15) is 0 Å². The zero-order chi connectivity index (χ0) is 18.6. The van der Waals surface area contributed by atoms with Crippen molar-refractivity contribution in [3.8, 4) is 5.75 Å². The first-order chi connectivity index (χ1) is 11.8. The van der Waals surface area contributed by atoms with Gasteiger partial charge in [-0.1, -0.05) is 0 Å². The van der Waals surface area contributed by atoms with Gasteiger partial charge in [0.05, 0.1) is 18.4 Å². The van der Waals surface area contributed by atoms with Crippen molar-refractivity contribution in [2.24, 2.45) is 0 Å². The molecule has 0 aliphatic heterocycles. The topological polar surface area (TPSA) is 64.6 Å². The minimum atomic E-state index is -1.71. The predicted molar refractivity (Wildman–Crippen MR) is 82.8 cm³/mol. The number of anilines is 1. The maximum absolute atomic E-state index is 13.5. The lowest BCUT2D eigenvalue weighted by Crippen LogP contribution is -2.30. The van der Waals surface area contributed by atoms with Gasteiger partial charge in [0.25, 0.3) is 5.91 Å². The Morgan fingerprint density at radius 3 is 2.24 bits per heavy atom. The highest BCUT2D eigenvalue weighted by Gasteiger charge is 2.22. The summed E-state index contributed by atoms with van der Waals surface area (Å²) >= 11 is 0. The van der Waals surface area contributed by atoms with Crippen LogP contribution in [0.25, 0.3) is 0 Å². The van der Waals surface area contributed by atoms with Crippen LogP contribution >= 0.6 is 0 Å². The van der Waals surface area contributed by atoms with Gasteiger partial charge in [-0.05, 0) is 43.3 Å². The number of carbonyl (C=O) groups is 2. The highest BCUT2D eigenvalue weighted by molar-refractivity contribution is 5.97. The molecule has 1 N–H and O–H groups in total. The van der Waals surface area contributed by atoms with Gasteiger partial charge in [0, 0.05) is 0 Å². The molecule has 0 aromatic heterocycles. The van der Waals surface area contributed by atoms with E-state index in [1.54, 1.807) is 0 Å². The van der Waals surface area contributed by atoms with Crippen molar-refractivity contribution in [2.45, 2.75) is 13.0 Å². The van der Waals surface area contributed by atoms with Gasteiger partial charge in [0.2, 0.25) is 0 Å². The Morgan fingerprint density at radius 2 is 1.64 bits per heavy atom. The highest BCUT2D eigenvalue weighted by atomic mass is 19.2. The van der Waals surface area contributed by atoms with Crippen LogP contribution in [0.1, 0.15) is 17.3 Å². The molecule has 0 bridgehead atoms. The van der Waals surface area contributed by atoms with Crippen molar-refractivity contribution in [1.82, 2.24) is 0 Å². The summed E-state index contributed by atoms with van der Waals surface area (Å²) in [5.74, 6) is -5.77. The number of carbonyl (C=O) groups excluding carboxylic acids is 2. The summed E-state index contributed by atoms with van der Waals surface area (Å²) in [6, 6.07) is 7.50. The molecule has 25 heavy (non-hydrogen) atoms. The number of ether oxygens (including phenoxy) is 2. The third kappa shape index (κ3) is 4.28. The molecule has 0 unspecified atom stereocenters. The van der Waals surface area contributed by atoms with Gasteiger partial charge in [-0.3, -0.25) is 4.79 Å². The van der Waals surface area contributed by atoms with E-state index in [4.69, 9.17) is 9.47 Å². The van der Waals surface area contributed by atoms with Crippen molar-refractivity contribution in [2.75, 3.05) is 12.4 Å². The molecule has 0 saturated carbocycles. The van der Waals surface area contributed by atoms with E-state index in [1.807, 2.05) is 5.32 Å². The molecule has 0 fully saturated rings. The molecule has 2 aromatic rings. The Labute approximate surface area is 141 Å². The highest BCUT2D eigenvalue weighted by Crippen LogP contribution is 2.20. The number of hydrogen-bond acceptors (Lipinski definition) is 4. The SMILES string of the molecule is COc1ccc(C(=O)O[C@H](C)C(=O)Nc2ccc(F)c(F)c2F)cc1. The summed E-state index contributed by atoms with van der Waals surface area (Å²) < 4.78 is 49.4. The fraction of sp³-hybridized carbons (Fsp3) is 0.176. The van der Waals surface area contributed by atoms with Crippen LogP contribution in [0.3, 0.4) is 0 Å². The van der Waals surface area contributed by atoms with E-state index in [1.165, 1.54) is 38.3 Å². The van der Waals surface area contributed by atoms with Crippen LogP contribution < -0.4 is 10.1 Å². The van der Waals surface area contributed by atoms with E-state index in [0.29, 0.717) is 11.8 Å². The zero-order valence-electron chi connectivity index (χ0n) is 13.3. The number of methoxy groups -OCH3 is 1. The van der Waals surface area contributed by atoms with Crippen molar-refractivity contribution >= 4 is 17.6 Å². The van der Waals surface area contributed by atoms with E-state index >= 15 is 0 Å². The van der Waals surface area contributed by atoms with Crippen LogP contribution in [0.4, 0.5) is 18.9 Å². The third-order valence-corrected chi connectivity index (χ3v) is 3.27. The molecule has 0 aliphatic rings. The molecule has 0 heterocycles. The summed E-state index contributed by atoms with van der Waals surface area (Å²) in [6.07, 6.45) is -1.29. The Balaban J connectivity index is 2.02. The van der Waals surface area contributed by atoms with Gasteiger partial charge >= 0.3 is 5.97 Å². The minimum absolute atomic E-state index is 0.180. The molecule has 2 aromatic carbocycles. The van der Waals surface area contributed by atoms with Gasteiger partial charge < -0.3 is 14.8 Å². The normalized spacial score (nSPS) is 11.6. The molecule has 2 rings (SSSR count). The average molecular weight is 353 g/mol. The maximum Gasteiger partial charge on any atom is 0.338 e. The van der Waals surface area contributed by atoms with Crippen LogP contribution in [0, 0.1) is 17.5 Å². The lowest BCUT2D eigenvalue weighted by Gasteiger charge is -2.14. The number of esters is 1. The summed E-state index contributed by atoms with van der Waals surface area (Å²) in [5.41, 5.74) is -0.379. The molecule has 5 nitrogen and oxygen atoms in total. The number of rotatable bonds is 5. The Hall–Kier alpha value is -3.03. The van der Waals surface area contributed by atoms with E-state index in [-0.39, 0.29) is 5.56 Å². The first kappa shape index (κ1) is 18.3. The summed E-state index contributed by atoms with van der Waals surface area (Å²) in [4.78, 5) is 23.9. The first-order valence-electron chi connectivity index (χ1n) is 7.13. The first-order valence-corrected chi connectivity index (χ1v) is 7.13. The molecule has 0 aliphatic carbocycles. The molecule has 1 atom stereocenters. The van der Waals surface area contributed by atoms with E-state index in [0.717, 1.165) is 6.07 Å². The van der Waals surface area contributed by atoms with Crippen LogP contribution in [-0.2, 0) is 9.53 Å². The monoisotopic (exact) mass is 353 g/mol. The summed E-state index contributed by atoms with van der Waals surface area (Å²) in [6.45, 7) is 1.26. The predicted octanol–water partition coefficient (Wildman–Crippen LogP) is 3.30. The number of nitrogens with one attached hydrogen (secondary N) is 1. The zero-order valence-corrected chi connectivity index (χ0v) is 13.3. The molecule has 0 radical (unpaired) electrons. The van der Waals surface area contributed by atoms with Gasteiger partial charge in [0.1, 0.15) is 5.75 Å². The standard InChI is InChI=1S/C17H14F3NO4/c1-9(25-17(23)10-3-5-11(24-2)6-4-10)16(22)21-13-8-7-12(18)14(19)15(13)20/h3-9H,1-2H3,(H,21,22)/t9-/m1/s1. The number of amides is 1. The number of halogens is 3. The lowest BCUT2D eigenvalue weighted by molar-refractivity contribution is -0.123. The van der Waals surface area contributed by atoms with E-state index in [2.05, 4.69) is 0 Å². The van der Waals surface area contributed by atoms with Crippen molar-refractivity contribution in [3.63, 3.8) is 0 Å². The number of hydrogen-bond donors (Lipinski definition) is 1. The second-order valence-corrected chi connectivity index (χ2v) is 4.99. The van der Waals surface area contributed by atoms with Crippen molar-refractivity contribution in [3.05, 3.63) is 59.4 Å². The van der Waals surface area contributed by atoms with Crippen LogP contribution in [-0.4, -0.2) is 25.1 Å². The van der Waals surface area contributed by atoms with Crippen molar-refractivity contribution in [1.29, 1.82) is 0 Å². The minimum Gasteiger partial charge on any atom is -0.497 e. The quantitative estimate of drug-likeness (QED) is 0.662. The van der Waals surface area contributed by atoms with Crippen LogP contribution in [0.5, 0.6) is 5.75 Å². The molecule has 0 saturated heterocycles. The average Bonchev–Trinajstić information content (AvgIpc) is 2.62. The molecule has 8 heteroatoms. The molecular weight excluding hydrogens is 339 g/mol. The van der Waals surface area contributed by atoms with E-state index < -0.39 is 41.1 Å². The van der Waals surface area contributed by atoms with E-state index in [9.17, 15) is 22.8 Å². The Morgan fingerprint density at radius 1 is 1.00 bits per heavy atom. The van der Waals surface area contributed by atoms with Crippen LogP contribution in [0.2, 0.25) is 0 Å². The third-order valence-electron chi connectivity index (χ3n) is 3.27. The maximum atomic E-state index is 13.5. The number of benzene rings is 2. The summed E-state index contributed by atoms with van der Waals surface area (Å²) in [5, 5.41) is 2.04. The second kappa shape index (κ2) is 7.69. The fourth-order valence-electron chi connectivity index (χ4n) is 1.87. The Kier molecular flexibility index (Phi) is 5.63. The van der Waals surface area contributed by atoms with Gasteiger partial charge in [-0.25, -0.2) is 18.0 Å². The van der Waals surface area contributed by atoms with Gasteiger partial charge in [-0.15, -0.1) is 0 Å². The molecular formula is C17H14F3NO4. The summed E-state index contributed by atoms with van der Waals surface area (Å²) in [7, 11) is 1.47. The molecule has 132 valence electrons. The largest absolute Gasteiger partial charge is 0.497 e. The van der Waals surface area contributed by atoms with Crippen LogP contribution in [0.15, 0.2) is 36.4 Å². The lowest BCUT2D eigenvalue weighted by atomic mass is 10.2. The molecule has 1 amide bonds. The second-order valence-electron chi connectivity index (χ2n) is 4.99. The van der Waals surface area contributed by atoms with Crippen molar-refractivity contribution < 1.29 is 32.2 Å². The molecule has 0 spiro atoms.